The van der Waals surface area contributed by atoms with Gasteiger partial charge >= 0.3 is 5.97 Å². The number of hydrogen-bond donors (Lipinski definition) is 3. The Morgan fingerprint density at radius 2 is 2.28 bits per heavy atom. The highest BCUT2D eigenvalue weighted by atomic mass is 16.4. The molecular weight excluding hydrogens is 232 g/mol. The van der Waals surface area contributed by atoms with E-state index in [9.17, 15) is 9.90 Å². The van der Waals surface area contributed by atoms with Crippen molar-refractivity contribution in [1.29, 1.82) is 0 Å². The number of rotatable bonds is 6. The second-order valence-electron chi connectivity index (χ2n) is 4.89. The molecule has 1 heterocycles. The highest BCUT2D eigenvalue weighted by Gasteiger charge is 2.23. The normalized spacial score (nSPS) is 16.0. The molecule has 0 saturated carbocycles. The lowest BCUT2D eigenvalue weighted by Gasteiger charge is -2.26. The number of pyridine rings is 1. The summed E-state index contributed by atoms with van der Waals surface area (Å²) in [6.07, 6.45) is 1.48. The van der Waals surface area contributed by atoms with Gasteiger partial charge in [0.1, 0.15) is 0 Å². The number of nitrogens with zero attached hydrogens (tertiary/aromatic N) is 1. The maximum absolute atomic E-state index is 10.4. The van der Waals surface area contributed by atoms with E-state index in [2.05, 4.69) is 4.98 Å². The van der Waals surface area contributed by atoms with Crippen molar-refractivity contribution >= 4 is 5.97 Å². The minimum Gasteiger partial charge on any atom is -0.481 e. The van der Waals surface area contributed by atoms with Crippen LogP contribution in [-0.2, 0) is 10.3 Å². The molecule has 1 aromatic heterocycles. The van der Waals surface area contributed by atoms with Crippen LogP contribution < -0.4 is 5.73 Å². The minimum absolute atomic E-state index is 0.245. The van der Waals surface area contributed by atoms with E-state index >= 15 is 0 Å². The predicted molar refractivity (Wildman–Crippen MR) is 68.0 cm³/mol. The largest absolute Gasteiger partial charge is 0.481 e. The van der Waals surface area contributed by atoms with Gasteiger partial charge in [0, 0.05) is 17.4 Å². The highest BCUT2D eigenvalue weighted by molar-refractivity contribution is 5.67. The third-order valence-electron chi connectivity index (χ3n) is 2.96. The molecule has 0 aromatic carbocycles. The SMILES string of the molecule is Cc1cc(C(C)(N)CCC(O)CC(=O)O)ccn1. The Bertz CT molecular complexity index is 418. The van der Waals surface area contributed by atoms with E-state index in [0.717, 1.165) is 11.3 Å². The highest BCUT2D eigenvalue weighted by Crippen LogP contribution is 2.24. The van der Waals surface area contributed by atoms with Crippen LogP contribution in [0.2, 0.25) is 0 Å². The number of aromatic nitrogens is 1. The molecule has 2 unspecified atom stereocenters. The quantitative estimate of drug-likeness (QED) is 0.706. The average molecular weight is 252 g/mol. The Labute approximate surface area is 107 Å². The maximum atomic E-state index is 10.4. The van der Waals surface area contributed by atoms with Crippen LogP contribution >= 0.6 is 0 Å². The van der Waals surface area contributed by atoms with Crippen molar-refractivity contribution in [2.75, 3.05) is 0 Å². The van der Waals surface area contributed by atoms with Crippen molar-refractivity contribution in [3.63, 3.8) is 0 Å². The first-order chi connectivity index (χ1) is 8.31. The molecule has 0 aliphatic rings. The van der Waals surface area contributed by atoms with Gasteiger partial charge in [0.25, 0.3) is 0 Å². The van der Waals surface area contributed by atoms with Gasteiger partial charge in [-0.05, 0) is 44.4 Å². The molecule has 0 amide bonds. The number of aliphatic hydroxyl groups excluding tert-OH is 1. The Morgan fingerprint density at radius 1 is 1.61 bits per heavy atom. The fraction of sp³-hybridized carbons (Fsp3) is 0.538. The minimum atomic E-state index is -0.999. The van der Waals surface area contributed by atoms with E-state index < -0.39 is 17.6 Å². The fourth-order valence-electron chi connectivity index (χ4n) is 1.82. The summed E-state index contributed by atoms with van der Waals surface area (Å²) in [5.74, 6) is -0.999. The molecule has 1 rings (SSSR count). The summed E-state index contributed by atoms with van der Waals surface area (Å²) in [5.41, 5.74) is 7.44. The Morgan fingerprint density at radius 3 is 2.83 bits per heavy atom. The lowest BCUT2D eigenvalue weighted by atomic mass is 9.87. The van der Waals surface area contributed by atoms with Crippen molar-refractivity contribution < 1.29 is 15.0 Å². The fourth-order valence-corrected chi connectivity index (χ4v) is 1.82. The smallest absolute Gasteiger partial charge is 0.305 e. The first-order valence-corrected chi connectivity index (χ1v) is 5.93. The molecule has 1 aromatic rings. The molecule has 0 bridgehead atoms. The van der Waals surface area contributed by atoms with Gasteiger partial charge in [0.05, 0.1) is 12.5 Å². The number of aliphatic hydroxyl groups is 1. The topological polar surface area (TPSA) is 96.4 Å². The van der Waals surface area contributed by atoms with Crippen LogP contribution in [0.4, 0.5) is 0 Å². The summed E-state index contributed by atoms with van der Waals surface area (Å²) >= 11 is 0. The van der Waals surface area contributed by atoms with Crippen molar-refractivity contribution in [2.45, 2.75) is 44.8 Å². The van der Waals surface area contributed by atoms with Crippen molar-refractivity contribution in [3.05, 3.63) is 29.6 Å². The molecule has 2 atom stereocenters. The molecule has 0 spiro atoms. The molecule has 4 N–H and O–H groups in total. The first kappa shape index (κ1) is 14.6. The van der Waals surface area contributed by atoms with Crippen LogP contribution in [0, 0.1) is 6.92 Å². The van der Waals surface area contributed by atoms with Crippen LogP contribution in [0.15, 0.2) is 18.3 Å². The molecule has 5 nitrogen and oxygen atoms in total. The summed E-state index contributed by atoms with van der Waals surface area (Å²) in [4.78, 5) is 14.6. The zero-order valence-electron chi connectivity index (χ0n) is 10.8. The summed E-state index contributed by atoms with van der Waals surface area (Å²) in [6.45, 7) is 3.76. The summed E-state index contributed by atoms with van der Waals surface area (Å²) in [5, 5.41) is 18.1. The van der Waals surface area contributed by atoms with Crippen LogP contribution in [0.5, 0.6) is 0 Å². The van der Waals surface area contributed by atoms with Crippen LogP contribution in [0.1, 0.15) is 37.4 Å². The first-order valence-electron chi connectivity index (χ1n) is 5.93. The van der Waals surface area contributed by atoms with Gasteiger partial charge < -0.3 is 15.9 Å². The van der Waals surface area contributed by atoms with Crippen molar-refractivity contribution in [1.82, 2.24) is 4.98 Å². The lowest BCUT2D eigenvalue weighted by Crippen LogP contribution is -2.34. The number of carboxylic acid groups (broad SMARTS) is 1. The Hall–Kier alpha value is -1.46. The second kappa shape index (κ2) is 5.93. The molecule has 100 valence electrons. The van der Waals surface area contributed by atoms with Gasteiger partial charge in [-0.3, -0.25) is 9.78 Å². The van der Waals surface area contributed by atoms with Crippen LogP contribution in [0.3, 0.4) is 0 Å². The van der Waals surface area contributed by atoms with Gasteiger partial charge in [0.15, 0.2) is 0 Å². The number of nitrogens with two attached hydrogens (primary N) is 1. The molecule has 0 aliphatic carbocycles. The lowest BCUT2D eigenvalue weighted by molar-refractivity contribution is -0.139. The van der Waals surface area contributed by atoms with E-state index in [-0.39, 0.29) is 6.42 Å². The van der Waals surface area contributed by atoms with Crippen molar-refractivity contribution in [3.8, 4) is 0 Å². The maximum Gasteiger partial charge on any atom is 0.305 e. The summed E-state index contributed by atoms with van der Waals surface area (Å²) in [6, 6.07) is 3.75. The zero-order valence-corrected chi connectivity index (χ0v) is 10.8. The molecule has 0 fully saturated rings. The Kier molecular flexibility index (Phi) is 4.81. The summed E-state index contributed by atoms with van der Waals surface area (Å²) < 4.78 is 0. The van der Waals surface area contributed by atoms with Crippen molar-refractivity contribution in [2.24, 2.45) is 5.73 Å². The second-order valence-corrected chi connectivity index (χ2v) is 4.89. The van der Waals surface area contributed by atoms with E-state index in [1.165, 1.54) is 0 Å². The van der Waals surface area contributed by atoms with E-state index in [0.29, 0.717) is 12.8 Å². The third kappa shape index (κ3) is 4.43. The molecule has 0 radical (unpaired) electrons. The van der Waals surface area contributed by atoms with Gasteiger partial charge in [-0.25, -0.2) is 0 Å². The number of carbonyl (C=O) groups is 1. The van der Waals surface area contributed by atoms with E-state index in [1.807, 2.05) is 26.0 Å². The monoisotopic (exact) mass is 252 g/mol. The average Bonchev–Trinajstić information content (AvgIpc) is 2.26. The molecular formula is C13H20N2O3. The molecule has 5 heteroatoms. The van der Waals surface area contributed by atoms with Crippen LogP contribution in [-0.4, -0.2) is 27.3 Å². The van der Waals surface area contributed by atoms with E-state index in [4.69, 9.17) is 10.8 Å². The standard InChI is InChI=1S/C13H20N2O3/c1-9-7-10(4-6-15-9)13(2,14)5-3-11(16)8-12(17)18/h4,6-7,11,16H,3,5,8,14H2,1-2H3,(H,17,18). The zero-order chi connectivity index (χ0) is 13.8. The van der Waals surface area contributed by atoms with E-state index in [1.54, 1.807) is 6.20 Å². The number of hydrogen-bond acceptors (Lipinski definition) is 4. The predicted octanol–water partition coefficient (Wildman–Crippen LogP) is 1.18. The van der Waals surface area contributed by atoms with Crippen LogP contribution in [0.25, 0.3) is 0 Å². The third-order valence-corrected chi connectivity index (χ3v) is 2.96. The molecule has 0 aliphatic heterocycles. The molecule has 18 heavy (non-hydrogen) atoms. The number of carboxylic acids is 1. The van der Waals surface area contributed by atoms with Gasteiger partial charge in [-0.2, -0.15) is 0 Å². The van der Waals surface area contributed by atoms with Gasteiger partial charge in [-0.1, -0.05) is 0 Å². The van der Waals surface area contributed by atoms with Gasteiger partial charge in [-0.15, -0.1) is 0 Å². The number of aryl methyl sites for hydroxylation is 1. The Balaban J connectivity index is 2.62. The molecule has 0 saturated heterocycles. The number of aliphatic carboxylic acids is 1. The summed E-state index contributed by atoms with van der Waals surface area (Å²) in [7, 11) is 0. The van der Waals surface area contributed by atoms with Gasteiger partial charge in [0.2, 0.25) is 0 Å².